The molecule has 0 bridgehead atoms. The third kappa shape index (κ3) is 4.05. The first-order chi connectivity index (χ1) is 11.1. The van der Waals surface area contributed by atoms with Crippen LogP contribution >= 0.6 is 23.2 Å². The van der Waals surface area contributed by atoms with Gasteiger partial charge in [-0.3, -0.25) is 4.79 Å². The average molecular weight is 354 g/mol. The Morgan fingerprint density at radius 1 is 1.35 bits per heavy atom. The fourth-order valence-electron chi connectivity index (χ4n) is 2.59. The molecule has 0 saturated carbocycles. The Morgan fingerprint density at radius 2 is 2.22 bits per heavy atom. The van der Waals surface area contributed by atoms with Crippen molar-refractivity contribution in [2.75, 3.05) is 19.7 Å². The van der Waals surface area contributed by atoms with Crippen molar-refractivity contribution in [1.29, 1.82) is 0 Å². The topological polar surface area (TPSA) is 47.4 Å². The molecule has 2 heterocycles. The van der Waals surface area contributed by atoms with Gasteiger partial charge in [-0.05, 0) is 17.7 Å². The molecule has 1 amide bonds. The van der Waals surface area contributed by atoms with Crippen molar-refractivity contribution in [3.63, 3.8) is 0 Å². The van der Waals surface area contributed by atoms with E-state index < -0.39 is 0 Å². The van der Waals surface area contributed by atoms with Gasteiger partial charge in [-0.25, -0.2) is 4.98 Å². The molecular formula is C16H17Cl2N3O2. The third-order valence-electron chi connectivity index (χ3n) is 3.88. The molecule has 1 saturated heterocycles. The van der Waals surface area contributed by atoms with E-state index in [1.54, 1.807) is 24.7 Å². The van der Waals surface area contributed by atoms with E-state index in [2.05, 4.69) is 4.98 Å². The number of hydrogen-bond donors (Lipinski definition) is 0. The first-order valence-corrected chi connectivity index (χ1v) is 8.19. The number of ether oxygens (including phenoxy) is 1. The van der Waals surface area contributed by atoms with Crippen LogP contribution < -0.4 is 0 Å². The van der Waals surface area contributed by atoms with Gasteiger partial charge in [0.1, 0.15) is 6.10 Å². The Labute approximate surface area is 144 Å². The van der Waals surface area contributed by atoms with E-state index in [0.717, 1.165) is 5.56 Å². The van der Waals surface area contributed by atoms with E-state index in [-0.39, 0.29) is 12.0 Å². The first-order valence-electron chi connectivity index (χ1n) is 7.43. The van der Waals surface area contributed by atoms with Gasteiger partial charge in [-0.15, -0.1) is 0 Å². The number of benzene rings is 1. The summed E-state index contributed by atoms with van der Waals surface area (Å²) in [5.74, 6) is 0.118. The van der Waals surface area contributed by atoms with Crippen LogP contribution in [0.2, 0.25) is 10.0 Å². The number of carbonyl (C=O) groups excluding carboxylic acids is 1. The van der Waals surface area contributed by atoms with Crippen molar-refractivity contribution >= 4 is 29.1 Å². The number of morpholine rings is 1. The van der Waals surface area contributed by atoms with Crippen LogP contribution in [0, 0.1) is 0 Å². The largest absolute Gasteiger partial charge is 0.370 e. The Kier molecular flexibility index (Phi) is 5.20. The quantitative estimate of drug-likeness (QED) is 0.847. The lowest BCUT2D eigenvalue weighted by Crippen LogP contribution is -2.42. The molecule has 122 valence electrons. The lowest BCUT2D eigenvalue weighted by Gasteiger charge is -2.33. The zero-order valence-electron chi connectivity index (χ0n) is 12.5. The highest BCUT2D eigenvalue weighted by Crippen LogP contribution is 2.29. The fourth-order valence-corrected chi connectivity index (χ4v) is 2.90. The number of aryl methyl sites for hydroxylation is 1. The molecule has 1 fully saturated rings. The lowest BCUT2D eigenvalue weighted by atomic mass is 10.1. The Hall–Kier alpha value is -1.56. The second kappa shape index (κ2) is 7.34. The van der Waals surface area contributed by atoms with Crippen molar-refractivity contribution < 1.29 is 9.53 Å². The monoisotopic (exact) mass is 353 g/mol. The van der Waals surface area contributed by atoms with E-state index in [0.29, 0.717) is 42.7 Å². The summed E-state index contributed by atoms with van der Waals surface area (Å²) in [7, 11) is 0. The number of hydrogen-bond acceptors (Lipinski definition) is 3. The first kappa shape index (κ1) is 16.3. The van der Waals surface area contributed by atoms with Gasteiger partial charge in [0.25, 0.3) is 0 Å². The van der Waals surface area contributed by atoms with E-state index in [1.165, 1.54) is 0 Å². The second-order valence-corrected chi connectivity index (χ2v) is 6.24. The Bertz CT molecular complexity index is 676. The van der Waals surface area contributed by atoms with Crippen molar-refractivity contribution in [1.82, 2.24) is 14.5 Å². The summed E-state index contributed by atoms with van der Waals surface area (Å²) in [6.07, 6.45) is 5.55. The molecule has 1 aliphatic heterocycles. The van der Waals surface area contributed by atoms with Gasteiger partial charge < -0.3 is 14.2 Å². The number of imidazole rings is 1. The van der Waals surface area contributed by atoms with Gasteiger partial charge >= 0.3 is 0 Å². The highest BCUT2D eigenvalue weighted by atomic mass is 35.5. The molecule has 23 heavy (non-hydrogen) atoms. The minimum atomic E-state index is -0.171. The van der Waals surface area contributed by atoms with Crippen LogP contribution in [-0.2, 0) is 16.1 Å². The maximum atomic E-state index is 12.4. The van der Waals surface area contributed by atoms with Crippen LogP contribution in [0.25, 0.3) is 0 Å². The normalized spacial score (nSPS) is 18.2. The summed E-state index contributed by atoms with van der Waals surface area (Å²) in [5.41, 5.74) is 0.937. The van der Waals surface area contributed by atoms with Crippen LogP contribution in [0.3, 0.4) is 0 Å². The minimum absolute atomic E-state index is 0.118. The number of nitrogens with zero attached hydrogens (tertiary/aromatic N) is 3. The highest BCUT2D eigenvalue weighted by molar-refractivity contribution is 6.42. The molecule has 0 spiro atoms. The van der Waals surface area contributed by atoms with E-state index >= 15 is 0 Å². The highest BCUT2D eigenvalue weighted by Gasteiger charge is 2.25. The number of amides is 1. The van der Waals surface area contributed by atoms with E-state index in [9.17, 15) is 4.79 Å². The predicted octanol–water partition coefficient (Wildman–Crippen LogP) is 3.18. The summed E-state index contributed by atoms with van der Waals surface area (Å²) in [4.78, 5) is 18.2. The minimum Gasteiger partial charge on any atom is -0.370 e. The van der Waals surface area contributed by atoms with Crippen LogP contribution in [-0.4, -0.2) is 40.1 Å². The summed E-state index contributed by atoms with van der Waals surface area (Å²) in [6.45, 7) is 2.29. The molecule has 1 atom stereocenters. The van der Waals surface area contributed by atoms with Crippen molar-refractivity contribution in [3.8, 4) is 0 Å². The fraction of sp³-hybridized carbons (Fsp3) is 0.375. The standard InChI is InChI=1S/C16H17Cl2N3O2/c17-13-2-1-12(9-14(13)18)15-10-21(7-8-23-15)16(22)3-5-20-6-4-19-11-20/h1-2,4,6,9,11,15H,3,5,7-8,10H2/t15-/m1/s1. The van der Waals surface area contributed by atoms with Crippen molar-refractivity contribution in [2.45, 2.75) is 19.1 Å². The Morgan fingerprint density at radius 3 is 2.96 bits per heavy atom. The zero-order chi connectivity index (χ0) is 16.2. The zero-order valence-corrected chi connectivity index (χ0v) is 14.0. The van der Waals surface area contributed by atoms with Crippen LogP contribution in [0.4, 0.5) is 0 Å². The number of halogens is 2. The van der Waals surface area contributed by atoms with Gasteiger partial charge in [-0.2, -0.15) is 0 Å². The molecule has 0 N–H and O–H groups in total. The number of aromatic nitrogens is 2. The van der Waals surface area contributed by atoms with Crippen molar-refractivity contribution in [2.24, 2.45) is 0 Å². The van der Waals surface area contributed by atoms with E-state index in [1.807, 2.05) is 21.7 Å². The predicted molar refractivity (Wildman–Crippen MR) is 88.6 cm³/mol. The number of rotatable bonds is 4. The SMILES string of the molecule is O=C(CCn1ccnc1)N1CCO[C@@H](c2ccc(Cl)c(Cl)c2)C1. The summed E-state index contributed by atoms with van der Waals surface area (Å²) in [5, 5.41) is 1.01. The molecule has 7 heteroatoms. The molecule has 0 radical (unpaired) electrons. The molecular weight excluding hydrogens is 337 g/mol. The summed E-state index contributed by atoms with van der Waals surface area (Å²) < 4.78 is 7.68. The van der Waals surface area contributed by atoms with Gasteiger partial charge in [0.2, 0.25) is 5.91 Å². The summed E-state index contributed by atoms with van der Waals surface area (Å²) >= 11 is 12.0. The van der Waals surface area contributed by atoms with Crippen molar-refractivity contribution in [3.05, 3.63) is 52.5 Å². The molecule has 1 aromatic carbocycles. The summed E-state index contributed by atoms with van der Waals surface area (Å²) in [6, 6.07) is 5.44. The van der Waals surface area contributed by atoms with Gasteiger partial charge in [0.05, 0.1) is 29.5 Å². The van der Waals surface area contributed by atoms with Gasteiger partial charge in [0.15, 0.2) is 0 Å². The Balaban J connectivity index is 1.60. The van der Waals surface area contributed by atoms with Gasteiger partial charge in [-0.1, -0.05) is 29.3 Å². The molecule has 5 nitrogen and oxygen atoms in total. The lowest BCUT2D eigenvalue weighted by molar-refractivity contribution is -0.139. The van der Waals surface area contributed by atoms with Gasteiger partial charge in [0, 0.05) is 31.9 Å². The van der Waals surface area contributed by atoms with E-state index in [4.69, 9.17) is 27.9 Å². The molecule has 1 aliphatic rings. The maximum Gasteiger partial charge on any atom is 0.224 e. The molecule has 0 unspecified atom stereocenters. The smallest absolute Gasteiger partial charge is 0.224 e. The maximum absolute atomic E-state index is 12.4. The second-order valence-electron chi connectivity index (χ2n) is 5.42. The average Bonchev–Trinajstić information content (AvgIpc) is 3.09. The van der Waals surface area contributed by atoms with Crippen LogP contribution in [0.1, 0.15) is 18.1 Å². The van der Waals surface area contributed by atoms with Crippen LogP contribution in [0.15, 0.2) is 36.9 Å². The van der Waals surface area contributed by atoms with Crippen LogP contribution in [0.5, 0.6) is 0 Å². The molecule has 1 aromatic heterocycles. The molecule has 3 rings (SSSR count). The molecule has 2 aromatic rings. The third-order valence-corrected chi connectivity index (χ3v) is 4.62. The number of carbonyl (C=O) groups is 1. The molecule has 0 aliphatic carbocycles.